The summed E-state index contributed by atoms with van der Waals surface area (Å²) in [4.78, 5) is 11.2. The molecule has 0 saturated heterocycles. The largest absolute Gasteiger partial charge is 0.386 e. The molecule has 0 aliphatic heterocycles. The van der Waals surface area contributed by atoms with Crippen molar-refractivity contribution < 1.29 is 18.7 Å². The number of amides is 1. The van der Waals surface area contributed by atoms with E-state index in [2.05, 4.69) is 17.6 Å². The molecule has 0 aromatic heterocycles. The van der Waals surface area contributed by atoms with Crippen molar-refractivity contribution in [2.24, 2.45) is 0 Å². The zero-order chi connectivity index (χ0) is 13.7. The van der Waals surface area contributed by atoms with Gasteiger partial charge in [-0.25, -0.2) is 8.78 Å². The van der Waals surface area contributed by atoms with Crippen LogP contribution in [0.15, 0.2) is 36.6 Å². The predicted molar refractivity (Wildman–Crippen MR) is 62.6 cm³/mol. The summed E-state index contributed by atoms with van der Waals surface area (Å²) < 4.78 is 26.8. The fourth-order valence-corrected chi connectivity index (χ4v) is 1.48. The van der Waals surface area contributed by atoms with E-state index in [1.165, 1.54) is 13.0 Å². The Morgan fingerprint density at radius 3 is 2.56 bits per heavy atom. The molecule has 1 aromatic carbocycles. The topological polar surface area (TPSA) is 49.3 Å². The van der Waals surface area contributed by atoms with Gasteiger partial charge in [-0.15, -0.1) is 5.73 Å². The first-order valence-electron chi connectivity index (χ1n) is 5.25. The van der Waals surface area contributed by atoms with E-state index in [4.69, 9.17) is 0 Å². The second kappa shape index (κ2) is 6.10. The van der Waals surface area contributed by atoms with E-state index in [0.29, 0.717) is 0 Å². The number of carbonyl (C=O) groups is 1. The first-order chi connectivity index (χ1) is 8.47. The summed E-state index contributed by atoms with van der Waals surface area (Å²) in [5, 5.41) is 12.2. The van der Waals surface area contributed by atoms with Crippen LogP contribution in [0.4, 0.5) is 8.78 Å². The molecular weight excluding hydrogens is 240 g/mol. The van der Waals surface area contributed by atoms with Crippen molar-refractivity contribution >= 4 is 5.91 Å². The summed E-state index contributed by atoms with van der Waals surface area (Å²) in [6.45, 7) is 4.65. The van der Waals surface area contributed by atoms with Crippen molar-refractivity contribution in [3.8, 4) is 0 Å². The Labute approximate surface area is 103 Å². The maximum absolute atomic E-state index is 13.4. The summed E-state index contributed by atoms with van der Waals surface area (Å²) in [6, 6.07) is 2.43. The number of halogens is 2. The smallest absolute Gasteiger partial charge is 0.252 e. The predicted octanol–water partition coefficient (Wildman–Crippen LogP) is 1.84. The molecule has 5 heteroatoms. The number of aliphatic hydroxyl groups is 1. The van der Waals surface area contributed by atoms with Gasteiger partial charge in [0.2, 0.25) is 0 Å². The summed E-state index contributed by atoms with van der Waals surface area (Å²) >= 11 is 0. The Hall–Kier alpha value is -1.97. The van der Waals surface area contributed by atoms with Gasteiger partial charge in [0, 0.05) is 6.08 Å². The maximum Gasteiger partial charge on any atom is 0.252 e. The Kier molecular flexibility index (Phi) is 4.77. The molecule has 2 unspecified atom stereocenters. The minimum absolute atomic E-state index is 0.465. The van der Waals surface area contributed by atoms with Crippen molar-refractivity contribution in [2.45, 2.75) is 19.1 Å². The molecule has 1 amide bonds. The average Bonchev–Trinajstić information content (AvgIpc) is 2.28. The van der Waals surface area contributed by atoms with Crippen LogP contribution in [0.1, 0.15) is 18.6 Å². The van der Waals surface area contributed by atoms with Crippen molar-refractivity contribution in [3.05, 3.63) is 53.8 Å². The number of hydrogen-bond donors (Lipinski definition) is 2. The number of hydrogen-bond acceptors (Lipinski definition) is 2. The van der Waals surface area contributed by atoms with Gasteiger partial charge in [-0.1, -0.05) is 12.6 Å². The third kappa shape index (κ3) is 3.26. The summed E-state index contributed by atoms with van der Waals surface area (Å²) in [5.41, 5.74) is 1.79. The van der Waals surface area contributed by atoms with Gasteiger partial charge in [0.1, 0.15) is 17.7 Å². The number of aliphatic hydroxyl groups excluding tert-OH is 1. The standard InChI is InChI=1S/C13H13F2NO2/c1-3-5-11(17)16-8(2)13(18)12-9(14)6-4-7-10(12)15/h4-8,13,18H,1H2,2H3,(H,16,17). The van der Waals surface area contributed by atoms with Gasteiger partial charge in [-0.3, -0.25) is 4.79 Å². The fourth-order valence-electron chi connectivity index (χ4n) is 1.48. The summed E-state index contributed by atoms with van der Waals surface area (Å²) in [6.07, 6.45) is -0.450. The number of nitrogens with one attached hydrogen (secondary N) is 1. The van der Waals surface area contributed by atoms with Gasteiger partial charge in [0.05, 0.1) is 11.6 Å². The molecule has 96 valence electrons. The minimum atomic E-state index is -1.48. The molecular formula is C13H13F2NO2. The lowest BCUT2D eigenvalue weighted by molar-refractivity contribution is -0.117. The molecule has 2 atom stereocenters. The van der Waals surface area contributed by atoms with Gasteiger partial charge >= 0.3 is 0 Å². The quantitative estimate of drug-likeness (QED) is 0.635. The van der Waals surface area contributed by atoms with Crippen LogP contribution in [0.5, 0.6) is 0 Å². The van der Waals surface area contributed by atoms with E-state index in [1.54, 1.807) is 0 Å². The lowest BCUT2D eigenvalue weighted by atomic mass is 10.0. The van der Waals surface area contributed by atoms with Gasteiger partial charge in [-0.2, -0.15) is 0 Å². The van der Waals surface area contributed by atoms with Gasteiger partial charge in [0.15, 0.2) is 0 Å². The highest BCUT2D eigenvalue weighted by atomic mass is 19.1. The zero-order valence-corrected chi connectivity index (χ0v) is 9.78. The van der Waals surface area contributed by atoms with Gasteiger partial charge in [-0.05, 0) is 19.1 Å². The molecule has 3 nitrogen and oxygen atoms in total. The fraction of sp³-hybridized carbons (Fsp3) is 0.231. The molecule has 0 spiro atoms. The molecule has 0 heterocycles. The van der Waals surface area contributed by atoms with Crippen LogP contribution in [-0.2, 0) is 4.79 Å². The summed E-state index contributed by atoms with van der Waals surface area (Å²) in [7, 11) is 0. The van der Waals surface area contributed by atoms with Crippen molar-refractivity contribution in [3.63, 3.8) is 0 Å². The van der Waals surface area contributed by atoms with Crippen LogP contribution in [0.3, 0.4) is 0 Å². The van der Waals surface area contributed by atoms with E-state index in [-0.39, 0.29) is 0 Å². The van der Waals surface area contributed by atoms with Crippen LogP contribution in [0.2, 0.25) is 0 Å². The van der Waals surface area contributed by atoms with Crippen molar-refractivity contribution in [2.75, 3.05) is 0 Å². The highest BCUT2D eigenvalue weighted by Crippen LogP contribution is 2.23. The molecule has 0 bridgehead atoms. The highest BCUT2D eigenvalue weighted by Gasteiger charge is 2.24. The SMILES string of the molecule is C=C=CC(=O)NC(C)C(O)c1c(F)cccc1F. The molecule has 0 radical (unpaired) electrons. The molecule has 18 heavy (non-hydrogen) atoms. The molecule has 0 aliphatic rings. The van der Waals surface area contributed by atoms with E-state index in [0.717, 1.165) is 18.2 Å². The first-order valence-corrected chi connectivity index (χ1v) is 5.25. The zero-order valence-electron chi connectivity index (χ0n) is 9.78. The van der Waals surface area contributed by atoms with E-state index in [9.17, 15) is 18.7 Å². The Morgan fingerprint density at radius 1 is 1.50 bits per heavy atom. The summed E-state index contributed by atoms with van der Waals surface area (Å²) in [5.74, 6) is -2.26. The van der Waals surface area contributed by atoms with Crippen molar-refractivity contribution in [1.82, 2.24) is 5.32 Å². The van der Waals surface area contributed by atoms with Gasteiger partial charge < -0.3 is 10.4 Å². The highest BCUT2D eigenvalue weighted by molar-refractivity contribution is 5.87. The maximum atomic E-state index is 13.4. The number of carbonyl (C=O) groups excluding carboxylic acids is 1. The van der Waals surface area contributed by atoms with Crippen LogP contribution in [-0.4, -0.2) is 17.1 Å². The van der Waals surface area contributed by atoms with Gasteiger partial charge in [0.25, 0.3) is 5.91 Å². The van der Waals surface area contributed by atoms with E-state index in [1.807, 2.05) is 0 Å². The Morgan fingerprint density at radius 2 is 2.06 bits per heavy atom. The first kappa shape index (κ1) is 14.1. The minimum Gasteiger partial charge on any atom is -0.386 e. The van der Waals surface area contributed by atoms with Crippen LogP contribution < -0.4 is 5.32 Å². The molecule has 1 aromatic rings. The molecule has 2 N–H and O–H groups in total. The lowest BCUT2D eigenvalue weighted by Gasteiger charge is -2.20. The number of rotatable bonds is 4. The van der Waals surface area contributed by atoms with Crippen LogP contribution >= 0.6 is 0 Å². The molecule has 0 aliphatic carbocycles. The second-order valence-electron chi connectivity index (χ2n) is 3.73. The lowest BCUT2D eigenvalue weighted by Crippen LogP contribution is -2.36. The second-order valence-corrected chi connectivity index (χ2v) is 3.73. The number of benzene rings is 1. The average molecular weight is 253 g/mol. The van der Waals surface area contributed by atoms with Crippen LogP contribution in [0, 0.1) is 11.6 Å². The van der Waals surface area contributed by atoms with Crippen molar-refractivity contribution in [1.29, 1.82) is 0 Å². The van der Waals surface area contributed by atoms with E-state index < -0.39 is 35.3 Å². The monoisotopic (exact) mass is 253 g/mol. The van der Waals surface area contributed by atoms with Crippen LogP contribution in [0.25, 0.3) is 0 Å². The molecule has 0 fully saturated rings. The normalized spacial score (nSPS) is 13.3. The Balaban J connectivity index is 2.89. The Bertz CT molecular complexity index is 476. The third-order valence-electron chi connectivity index (χ3n) is 2.37. The third-order valence-corrected chi connectivity index (χ3v) is 2.37. The molecule has 0 saturated carbocycles. The van der Waals surface area contributed by atoms with E-state index >= 15 is 0 Å². The molecule has 1 rings (SSSR count).